The Bertz CT molecular complexity index is 1010. The van der Waals surface area contributed by atoms with Crippen molar-refractivity contribution < 1.29 is 14.8 Å². The minimum Gasteiger partial charge on any atom is -0.388 e. The Morgan fingerprint density at radius 2 is 2.04 bits per heavy atom. The summed E-state index contributed by atoms with van der Waals surface area (Å²) in [7, 11) is 0. The minimum atomic E-state index is -0.607. The summed E-state index contributed by atoms with van der Waals surface area (Å²) in [6.45, 7) is 1.35. The fraction of sp³-hybridized carbons (Fsp3) is 0.111. The van der Waals surface area contributed by atoms with Gasteiger partial charge in [0.15, 0.2) is 0 Å². The summed E-state index contributed by atoms with van der Waals surface area (Å²) in [5.41, 5.74) is 0.695. The first-order valence-electron chi connectivity index (χ1n) is 7.66. The van der Waals surface area contributed by atoms with Gasteiger partial charge in [-0.05, 0) is 25.1 Å². The van der Waals surface area contributed by atoms with Crippen molar-refractivity contribution in [2.45, 2.75) is 13.5 Å². The monoisotopic (exact) mass is 371 g/mol. The number of halogens is 1. The highest BCUT2D eigenvalue weighted by Gasteiger charge is 2.27. The molecule has 0 aliphatic rings. The molecule has 7 nitrogen and oxygen atoms in total. The Morgan fingerprint density at radius 1 is 1.31 bits per heavy atom. The molecule has 3 rings (SSSR count). The van der Waals surface area contributed by atoms with Crippen LogP contribution < -0.4 is 0 Å². The second-order valence-corrected chi connectivity index (χ2v) is 6.03. The number of aromatic nitrogens is 2. The Morgan fingerprint density at radius 3 is 2.69 bits per heavy atom. The fourth-order valence-corrected chi connectivity index (χ4v) is 2.95. The van der Waals surface area contributed by atoms with Gasteiger partial charge in [0.05, 0.1) is 16.3 Å². The van der Waals surface area contributed by atoms with Crippen LogP contribution >= 0.6 is 11.6 Å². The number of aliphatic hydroxyl groups excluding tert-OH is 1. The molecule has 0 fully saturated rings. The second-order valence-electron chi connectivity index (χ2n) is 5.59. The van der Waals surface area contributed by atoms with E-state index >= 15 is 0 Å². The van der Waals surface area contributed by atoms with E-state index in [0.717, 1.165) is 0 Å². The maximum atomic E-state index is 13.1. The topological polar surface area (TPSA) is 98.3 Å². The van der Waals surface area contributed by atoms with Crippen LogP contribution in [0.4, 0.5) is 5.69 Å². The van der Waals surface area contributed by atoms with E-state index in [-0.39, 0.29) is 34.9 Å². The lowest BCUT2D eigenvalue weighted by atomic mass is 9.99. The summed E-state index contributed by atoms with van der Waals surface area (Å²) in [6.07, 6.45) is 1.61. The van der Waals surface area contributed by atoms with Crippen molar-refractivity contribution in [1.29, 1.82) is 0 Å². The number of rotatable bonds is 5. The zero-order valence-electron chi connectivity index (χ0n) is 13.7. The molecular formula is C18H14ClN3O4. The summed E-state index contributed by atoms with van der Waals surface area (Å²) in [4.78, 5) is 28.2. The molecule has 1 aromatic heterocycles. The van der Waals surface area contributed by atoms with Crippen molar-refractivity contribution in [2.75, 3.05) is 0 Å². The lowest BCUT2D eigenvalue weighted by Gasteiger charge is -2.12. The van der Waals surface area contributed by atoms with E-state index in [2.05, 4.69) is 4.98 Å². The molecule has 0 amide bonds. The molecule has 0 radical (unpaired) electrons. The Labute approximate surface area is 153 Å². The molecule has 8 heteroatoms. The van der Waals surface area contributed by atoms with Crippen molar-refractivity contribution >= 4 is 23.1 Å². The summed E-state index contributed by atoms with van der Waals surface area (Å²) >= 11 is 5.95. The number of hydrogen-bond donors (Lipinski definition) is 1. The average Bonchev–Trinajstić information content (AvgIpc) is 3.01. The summed E-state index contributed by atoms with van der Waals surface area (Å²) in [5.74, 6) is -0.256. The number of aliphatic hydroxyl groups is 1. The number of nitrogens with zero attached hydrogens (tertiary/aromatic N) is 3. The van der Waals surface area contributed by atoms with Crippen LogP contribution in [-0.4, -0.2) is 25.4 Å². The Kier molecular flexibility index (Phi) is 4.83. The maximum absolute atomic E-state index is 13.1. The molecule has 132 valence electrons. The predicted molar refractivity (Wildman–Crippen MR) is 95.8 cm³/mol. The molecule has 0 saturated heterocycles. The first-order chi connectivity index (χ1) is 12.4. The van der Waals surface area contributed by atoms with Crippen LogP contribution in [0.15, 0.2) is 48.7 Å². The molecule has 0 aliphatic heterocycles. The van der Waals surface area contributed by atoms with Crippen LogP contribution in [-0.2, 0) is 6.61 Å². The van der Waals surface area contributed by atoms with Crippen LogP contribution in [0.5, 0.6) is 0 Å². The van der Waals surface area contributed by atoms with Gasteiger partial charge in [-0.2, -0.15) is 0 Å². The third-order valence-corrected chi connectivity index (χ3v) is 4.07. The third-order valence-electron chi connectivity index (χ3n) is 3.83. The number of hydrogen-bond acceptors (Lipinski definition) is 5. The van der Waals surface area contributed by atoms with Gasteiger partial charge in [0.2, 0.25) is 5.78 Å². The predicted octanol–water partition coefficient (Wildman–Crippen LogP) is 3.47. The number of ketones is 1. The third kappa shape index (κ3) is 3.22. The number of imidazole rings is 1. The van der Waals surface area contributed by atoms with E-state index in [4.69, 9.17) is 11.6 Å². The molecule has 0 spiro atoms. The van der Waals surface area contributed by atoms with E-state index < -0.39 is 10.7 Å². The van der Waals surface area contributed by atoms with Crippen molar-refractivity contribution in [2.24, 2.45) is 0 Å². The van der Waals surface area contributed by atoms with E-state index in [9.17, 15) is 20.0 Å². The van der Waals surface area contributed by atoms with Gasteiger partial charge in [0.1, 0.15) is 18.0 Å². The molecule has 0 aliphatic carbocycles. The molecule has 0 atom stereocenters. The molecule has 26 heavy (non-hydrogen) atoms. The SMILES string of the molecule is Cc1cn(-c2cccc([N+](=O)[O-])c2C(=O)c2cccc(Cl)c2)c(CO)n1. The molecule has 1 heterocycles. The molecule has 0 bridgehead atoms. The molecule has 2 aromatic carbocycles. The van der Waals surface area contributed by atoms with E-state index in [0.29, 0.717) is 10.7 Å². The normalized spacial score (nSPS) is 10.7. The van der Waals surface area contributed by atoms with Crippen molar-refractivity contribution in [3.8, 4) is 5.69 Å². The summed E-state index contributed by atoms with van der Waals surface area (Å²) in [6, 6.07) is 10.5. The lowest BCUT2D eigenvalue weighted by Crippen LogP contribution is -2.12. The van der Waals surface area contributed by atoms with Gasteiger partial charge in [-0.25, -0.2) is 4.98 Å². The highest BCUT2D eigenvalue weighted by atomic mass is 35.5. The van der Waals surface area contributed by atoms with Crippen molar-refractivity contribution in [3.63, 3.8) is 0 Å². The van der Waals surface area contributed by atoms with Crippen LogP contribution in [0.25, 0.3) is 5.69 Å². The molecule has 0 unspecified atom stereocenters. The van der Waals surface area contributed by atoms with Gasteiger partial charge in [-0.15, -0.1) is 0 Å². The summed E-state index contributed by atoms with van der Waals surface area (Å²) < 4.78 is 1.49. The highest BCUT2D eigenvalue weighted by Crippen LogP contribution is 2.29. The van der Waals surface area contributed by atoms with Crippen molar-refractivity contribution in [3.05, 3.63) is 86.4 Å². The fourth-order valence-electron chi connectivity index (χ4n) is 2.76. The Balaban J connectivity index is 2.28. The second kappa shape index (κ2) is 7.07. The standard InChI is InChI=1S/C18H14ClN3O4/c1-11-9-21(16(10-23)20-11)14-6-3-7-15(22(25)26)17(14)18(24)12-4-2-5-13(19)8-12/h2-9,23H,10H2,1H3. The molecule has 1 N–H and O–H groups in total. The van der Waals surface area contributed by atoms with Crippen LogP contribution in [0.1, 0.15) is 27.4 Å². The number of benzene rings is 2. The number of carbonyl (C=O) groups excluding carboxylic acids is 1. The zero-order valence-corrected chi connectivity index (χ0v) is 14.5. The molecule has 0 saturated carbocycles. The minimum absolute atomic E-state index is 0.0909. The lowest BCUT2D eigenvalue weighted by molar-refractivity contribution is -0.385. The summed E-state index contributed by atoms with van der Waals surface area (Å²) in [5, 5.41) is 21.4. The quantitative estimate of drug-likeness (QED) is 0.420. The van der Waals surface area contributed by atoms with E-state index in [1.54, 1.807) is 37.4 Å². The first-order valence-corrected chi connectivity index (χ1v) is 8.04. The van der Waals surface area contributed by atoms with E-state index in [1.165, 1.54) is 22.8 Å². The number of carbonyl (C=O) groups is 1. The largest absolute Gasteiger partial charge is 0.388 e. The number of nitro benzene ring substituents is 1. The van der Waals surface area contributed by atoms with Gasteiger partial charge in [0.25, 0.3) is 5.69 Å². The van der Waals surface area contributed by atoms with Crippen LogP contribution in [0.3, 0.4) is 0 Å². The highest BCUT2D eigenvalue weighted by molar-refractivity contribution is 6.31. The van der Waals surface area contributed by atoms with Gasteiger partial charge >= 0.3 is 0 Å². The van der Waals surface area contributed by atoms with E-state index in [1.807, 2.05) is 0 Å². The van der Waals surface area contributed by atoms with Crippen molar-refractivity contribution in [1.82, 2.24) is 9.55 Å². The smallest absolute Gasteiger partial charge is 0.282 e. The Hall–Kier alpha value is -3.03. The average molecular weight is 372 g/mol. The first kappa shape index (κ1) is 17.8. The molecule has 3 aromatic rings. The van der Waals surface area contributed by atoms with Gasteiger partial charge in [0, 0.05) is 22.8 Å². The van der Waals surface area contributed by atoms with Crippen LogP contribution in [0.2, 0.25) is 5.02 Å². The maximum Gasteiger partial charge on any atom is 0.282 e. The number of nitro groups is 1. The van der Waals surface area contributed by atoms with Gasteiger partial charge < -0.3 is 9.67 Å². The zero-order chi connectivity index (χ0) is 18.8. The van der Waals surface area contributed by atoms with Gasteiger partial charge in [-0.1, -0.05) is 29.8 Å². The number of aryl methyl sites for hydroxylation is 1. The van der Waals surface area contributed by atoms with Crippen LogP contribution in [0, 0.1) is 17.0 Å². The molecular weight excluding hydrogens is 358 g/mol. The van der Waals surface area contributed by atoms with Gasteiger partial charge in [-0.3, -0.25) is 14.9 Å².